The molecule has 2 heterocycles. The van der Waals surface area contributed by atoms with E-state index >= 15 is 0 Å². The first kappa shape index (κ1) is 12.7. The van der Waals surface area contributed by atoms with Crippen LogP contribution in [0.2, 0.25) is 0 Å². The Morgan fingerprint density at radius 1 is 1.20 bits per heavy atom. The van der Waals surface area contributed by atoms with Crippen LogP contribution in [0.15, 0.2) is 29.4 Å². The lowest BCUT2D eigenvalue weighted by atomic mass is 10.2. The van der Waals surface area contributed by atoms with Crippen LogP contribution in [0.3, 0.4) is 0 Å². The summed E-state index contributed by atoms with van der Waals surface area (Å²) in [5, 5.41) is 4.90. The van der Waals surface area contributed by atoms with Crippen molar-refractivity contribution in [3.8, 4) is 17.1 Å². The Morgan fingerprint density at radius 2 is 2.00 bits per heavy atom. The molecule has 0 unspecified atom stereocenters. The zero-order valence-electron chi connectivity index (χ0n) is 10.9. The minimum atomic E-state index is 0.257. The van der Waals surface area contributed by atoms with Crippen molar-refractivity contribution in [1.29, 1.82) is 0 Å². The number of ether oxygens (including phenoxy) is 1. The Balaban J connectivity index is 2.20. The van der Waals surface area contributed by atoms with Gasteiger partial charge in [0.25, 0.3) is 5.78 Å². The van der Waals surface area contributed by atoms with Gasteiger partial charge in [0.05, 0.1) is 12.7 Å². The number of thioether (sulfide) groups is 1. The van der Waals surface area contributed by atoms with E-state index in [1.165, 1.54) is 16.3 Å². The van der Waals surface area contributed by atoms with Crippen molar-refractivity contribution in [2.24, 2.45) is 0 Å². The summed E-state index contributed by atoms with van der Waals surface area (Å²) in [5.41, 5.74) is 6.64. The van der Waals surface area contributed by atoms with Crippen LogP contribution >= 0.6 is 11.8 Å². The number of nitrogen functional groups attached to an aromatic ring is 1. The molecule has 0 aliphatic carbocycles. The Bertz CT molecular complexity index is 772. The molecular formula is C12H12N6OS. The summed E-state index contributed by atoms with van der Waals surface area (Å²) in [5.74, 6) is 1.87. The topological polar surface area (TPSA) is 91.2 Å². The van der Waals surface area contributed by atoms with Gasteiger partial charge in [-0.05, 0) is 18.4 Å². The largest absolute Gasteiger partial charge is 0.496 e. The number of aromatic nitrogens is 5. The van der Waals surface area contributed by atoms with Crippen molar-refractivity contribution in [2.45, 2.75) is 5.16 Å². The van der Waals surface area contributed by atoms with Crippen LogP contribution in [0.5, 0.6) is 5.75 Å². The number of nitrogens with two attached hydrogens (primary N) is 1. The summed E-state index contributed by atoms with van der Waals surface area (Å²) in [4.78, 5) is 12.8. The first-order chi connectivity index (χ1) is 9.72. The van der Waals surface area contributed by atoms with E-state index in [4.69, 9.17) is 10.5 Å². The summed E-state index contributed by atoms with van der Waals surface area (Å²) in [6.45, 7) is 0. The van der Waals surface area contributed by atoms with Gasteiger partial charge < -0.3 is 10.5 Å². The SMILES string of the molecule is COc1ccccc1-c1nc2nc(SC)nc(N)n2n1. The molecule has 0 bridgehead atoms. The van der Waals surface area contributed by atoms with Crippen LogP contribution in [-0.2, 0) is 0 Å². The molecular weight excluding hydrogens is 276 g/mol. The third-order valence-corrected chi connectivity index (χ3v) is 3.29. The normalized spacial score (nSPS) is 10.9. The van der Waals surface area contributed by atoms with Crippen LogP contribution < -0.4 is 10.5 Å². The maximum absolute atomic E-state index is 5.86. The second-order valence-corrected chi connectivity index (χ2v) is 4.69. The van der Waals surface area contributed by atoms with Crippen molar-refractivity contribution in [2.75, 3.05) is 19.1 Å². The number of fused-ring (bicyclic) bond motifs is 1. The summed E-state index contributed by atoms with van der Waals surface area (Å²) in [7, 11) is 1.61. The second kappa shape index (κ2) is 4.97. The first-order valence-electron chi connectivity index (χ1n) is 5.80. The average molecular weight is 288 g/mol. The number of hydrogen-bond acceptors (Lipinski definition) is 7. The maximum Gasteiger partial charge on any atom is 0.258 e. The quantitative estimate of drug-likeness (QED) is 0.730. The van der Waals surface area contributed by atoms with E-state index in [0.717, 1.165) is 5.56 Å². The summed E-state index contributed by atoms with van der Waals surface area (Å²) < 4.78 is 6.73. The van der Waals surface area contributed by atoms with E-state index in [9.17, 15) is 0 Å². The molecule has 0 fully saturated rings. The monoisotopic (exact) mass is 288 g/mol. The molecule has 0 saturated carbocycles. The fraction of sp³-hybridized carbons (Fsp3) is 0.167. The number of methoxy groups -OCH3 is 1. The van der Waals surface area contributed by atoms with Gasteiger partial charge in [0, 0.05) is 0 Å². The molecule has 0 saturated heterocycles. The standard InChI is InChI=1S/C12H12N6OS/c1-19-8-6-4-3-5-7(8)9-14-11-16-12(20-2)15-10(13)18(11)17-9/h3-6H,1-2H3,(H2,13,14,15,16,17). The number of anilines is 1. The minimum Gasteiger partial charge on any atom is -0.496 e. The van der Waals surface area contributed by atoms with Crippen molar-refractivity contribution in [3.63, 3.8) is 0 Å². The predicted octanol–water partition coefficient (Wildman–Crippen LogP) is 1.50. The van der Waals surface area contributed by atoms with Crippen LogP contribution in [-0.4, -0.2) is 37.9 Å². The average Bonchev–Trinajstić information content (AvgIpc) is 2.91. The Labute approximate surface area is 119 Å². The number of nitrogens with zero attached hydrogens (tertiary/aromatic N) is 5. The van der Waals surface area contributed by atoms with E-state index in [-0.39, 0.29) is 5.95 Å². The molecule has 0 spiro atoms. The fourth-order valence-electron chi connectivity index (χ4n) is 1.82. The fourth-order valence-corrected chi connectivity index (χ4v) is 2.18. The zero-order valence-corrected chi connectivity index (χ0v) is 11.8. The van der Waals surface area contributed by atoms with E-state index < -0.39 is 0 Å². The third-order valence-electron chi connectivity index (χ3n) is 2.74. The maximum atomic E-state index is 5.86. The number of hydrogen-bond donors (Lipinski definition) is 1. The highest BCUT2D eigenvalue weighted by Gasteiger charge is 2.14. The number of benzene rings is 1. The molecule has 20 heavy (non-hydrogen) atoms. The molecule has 0 atom stereocenters. The third kappa shape index (κ3) is 2.03. The van der Waals surface area contributed by atoms with Gasteiger partial charge >= 0.3 is 0 Å². The molecule has 2 aromatic heterocycles. The van der Waals surface area contributed by atoms with Gasteiger partial charge in [0.15, 0.2) is 11.0 Å². The molecule has 0 aliphatic heterocycles. The van der Waals surface area contributed by atoms with Gasteiger partial charge in [-0.2, -0.15) is 19.5 Å². The number of rotatable bonds is 3. The molecule has 0 amide bonds. The number of para-hydroxylation sites is 1. The molecule has 7 nitrogen and oxygen atoms in total. The summed E-state index contributed by atoms with van der Waals surface area (Å²) >= 11 is 1.40. The minimum absolute atomic E-state index is 0.257. The molecule has 3 aromatic rings. The smallest absolute Gasteiger partial charge is 0.258 e. The van der Waals surface area contributed by atoms with E-state index in [2.05, 4.69) is 20.1 Å². The van der Waals surface area contributed by atoms with Gasteiger partial charge in [-0.25, -0.2) is 0 Å². The summed E-state index contributed by atoms with van der Waals surface area (Å²) in [6, 6.07) is 7.51. The van der Waals surface area contributed by atoms with Crippen molar-refractivity contribution >= 4 is 23.5 Å². The molecule has 0 radical (unpaired) electrons. The summed E-state index contributed by atoms with van der Waals surface area (Å²) in [6.07, 6.45) is 1.88. The molecule has 0 aliphatic rings. The molecule has 1 aromatic carbocycles. The second-order valence-electron chi connectivity index (χ2n) is 3.92. The Kier molecular flexibility index (Phi) is 3.15. The first-order valence-corrected chi connectivity index (χ1v) is 7.03. The van der Waals surface area contributed by atoms with Crippen molar-refractivity contribution in [1.82, 2.24) is 24.6 Å². The Morgan fingerprint density at radius 3 is 2.75 bits per heavy atom. The van der Waals surface area contributed by atoms with Gasteiger partial charge in [0.1, 0.15) is 5.75 Å². The van der Waals surface area contributed by atoms with Gasteiger partial charge in [-0.1, -0.05) is 23.9 Å². The zero-order chi connectivity index (χ0) is 14.1. The lowest BCUT2D eigenvalue weighted by Crippen LogP contribution is -2.04. The highest BCUT2D eigenvalue weighted by Crippen LogP contribution is 2.27. The van der Waals surface area contributed by atoms with Crippen LogP contribution in [0, 0.1) is 0 Å². The van der Waals surface area contributed by atoms with Crippen molar-refractivity contribution < 1.29 is 4.74 Å². The van der Waals surface area contributed by atoms with E-state index in [1.54, 1.807) is 7.11 Å². The van der Waals surface area contributed by atoms with E-state index in [1.807, 2.05) is 30.5 Å². The Hall–Kier alpha value is -2.35. The molecule has 8 heteroatoms. The van der Waals surface area contributed by atoms with Gasteiger partial charge in [-0.15, -0.1) is 5.10 Å². The van der Waals surface area contributed by atoms with Gasteiger partial charge in [-0.3, -0.25) is 0 Å². The van der Waals surface area contributed by atoms with Crippen molar-refractivity contribution in [3.05, 3.63) is 24.3 Å². The van der Waals surface area contributed by atoms with Gasteiger partial charge in [0.2, 0.25) is 5.95 Å². The van der Waals surface area contributed by atoms with Crippen LogP contribution in [0.4, 0.5) is 5.95 Å². The predicted molar refractivity (Wildman–Crippen MR) is 76.8 cm³/mol. The molecule has 3 rings (SSSR count). The highest BCUT2D eigenvalue weighted by molar-refractivity contribution is 7.98. The molecule has 102 valence electrons. The highest BCUT2D eigenvalue weighted by atomic mass is 32.2. The molecule has 2 N–H and O–H groups in total. The lowest BCUT2D eigenvalue weighted by molar-refractivity contribution is 0.416. The lowest BCUT2D eigenvalue weighted by Gasteiger charge is -2.03. The van der Waals surface area contributed by atoms with Crippen LogP contribution in [0.25, 0.3) is 17.2 Å². The van der Waals surface area contributed by atoms with E-state index in [0.29, 0.717) is 22.5 Å². The van der Waals surface area contributed by atoms with Crippen LogP contribution in [0.1, 0.15) is 0 Å².